The normalized spacial score (nSPS) is 26.6. The molecule has 4 rings (SSSR count). The first-order chi connectivity index (χ1) is 13.1. The van der Waals surface area contributed by atoms with Crippen LogP contribution >= 0.6 is 24.0 Å². The third-order valence-electron chi connectivity index (χ3n) is 5.34. The Morgan fingerprint density at radius 2 is 2.19 bits per heavy atom. The predicted octanol–water partition coefficient (Wildman–Crippen LogP) is 1.97. The van der Waals surface area contributed by atoms with E-state index in [9.17, 15) is 14.9 Å². The van der Waals surface area contributed by atoms with Crippen LogP contribution in [0, 0.1) is 17.2 Å². The van der Waals surface area contributed by atoms with Crippen molar-refractivity contribution in [1.82, 2.24) is 10.2 Å². The lowest BCUT2D eigenvalue weighted by molar-refractivity contribution is -0.136. The summed E-state index contributed by atoms with van der Waals surface area (Å²) >= 11 is 6.97. The molecule has 0 spiro atoms. The number of hydrogen-bond acceptors (Lipinski definition) is 6. The summed E-state index contributed by atoms with van der Waals surface area (Å²) in [7, 11) is 0. The van der Waals surface area contributed by atoms with Gasteiger partial charge in [0.25, 0.3) is 0 Å². The molecule has 7 heteroatoms. The van der Waals surface area contributed by atoms with Crippen molar-refractivity contribution in [3.8, 4) is 6.07 Å². The van der Waals surface area contributed by atoms with E-state index >= 15 is 0 Å². The van der Waals surface area contributed by atoms with Crippen LogP contribution in [0.25, 0.3) is 6.08 Å². The van der Waals surface area contributed by atoms with Crippen LogP contribution < -0.4 is 5.32 Å². The number of nitrogens with zero attached hydrogens (tertiary/aromatic N) is 2. The van der Waals surface area contributed by atoms with Crippen molar-refractivity contribution < 1.29 is 9.59 Å². The van der Waals surface area contributed by atoms with Gasteiger partial charge in [0.05, 0.1) is 17.9 Å². The van der Waals surface area contributed by atoms with Crippen LogP contribution in [0.3, 0.4) is 0 Å². The average Bonchev–Trinajstić information content (AvgIpc) is 3.37. The molecule has 1 aromatic carbocycles. The molecule has 1 unspecified atom stereocenters. The van der Waals surface area contributed by atoms with E-state index < -0.39 is 18.0 Å². The van der Waals surface area contributed by atoms with Crippen LogP contribution in [0.2, 0.25) is 0 Å². The van der Waals surface area contributed by atoms with E-state index in [0.717, 1.165) is 17.6 Å². The Bertz CT molecular complexity index is 889. The highest BCUT2D eigenvalue weighted by Crippen LogP contribution is 2.30. The van der Waals surface area contributed by atoms with Crippen molar-refractivity contribution >= 4 is 46.6 Å². The zero-order valence-electron chi connectivity index (χ0n) is 14.7. The van der Waals surface area contributed by atoms with Gasteiger partial charge in [0.15, 0.2) is 0 Å². The fourth-order valence-corrected chi connectivity index (χ4v) is 5.40. The molecule has 2 fully saturated rings. The van der Waals surface area contributed by atoms with Crippen LogP contribution in [0.15, 0.2) is 29.8 Å². The fourth-order valence-electron chi connectivity index (χ4n) is 3.96. The Morgan fingerprint density at radius 3 is 2.96 bits per heavy atom. The summed E-state index contributed by atoms with van der Waals surface area (Å²) in [5.41, 5.74) is 3.45. The highest BCUT2D eigenvalue weighted by molar-refractivity contribution is 7.99. The van der Waals surface area contributed by atoms with E-state index in [2.05, 4.69) is 23.5 Å². The van der Waals surface area contributed by atoms with Crippen molar-refractivity contribution in [2.45, 2.75) is 24.9 Å². The zero-order chi connectivity index (χ0) is 19.0. The number of carbonyl (C=O) groups excluding carboxylic acids is 2. The molecule has 0 radical (unpaired) electrons. The van der Waals surface area contributed by atoms with Gasteiger partial charge < -0.3 is 10.2 Å². The molecule has 0 aromatic heterocycles. The summed E-state index contributed by atoms with van der Waals surface area (Å²) in [5, 5.41) is 12.4. The molecule has 3 aliphatic rings. The molecule has 1 N–H and O–H groups in total. The highest BCUT2D eigenvalue weighted by Gasteiger charge is 2.45. The number of nitriles is 1. The van der Waals surface area contributed by atoms with E-state index in [4.69, 9.17) is 12.2 Å². The first-order valence-corrected chi connectivity index (χ1v) is 10.5. The molecule has 2 saturated heterocycles. The topological polar surface area (TPSA) is 73.2 Å². The lowest BCUT2D eigenvalue weighted by atomic mass is 9.90. The van der Waals surface area contributed by atoms with Crippen molar-refractivity contribution in [3.05, 3.63) is 41.0 Å². The monoisotopic (exact) mass is 397 g/mol. The molecule has 0 bridgehead atoms. The SMILES string of the molecule is N#C[C@@H]1CSCN1C(=O)[C@H]1NCC(=S)C1C(=O)CC1=Cc2ccccc2C1. The van der Waals surface area contributed by atoms with Crippen LogP contribution in [0.4, 0.5) is 0 Å². The Kier molecular flexibility index (Phi) is 5.13. The molecule has 1 amide bonds. The number of nitrogens with one attached hydrogen (secondary N) is 1. The van der Waals surface area contributed by atoms with E-state index in [1.807, 2.05) is 18.2 Å². The maximum Gasteiger partial charge on any atom is 0.242 e. The van der Waals surface area contributed by atoms with Crippen LogP contribution in [-0.2, 0) is 16.0 Å². The average molecular weight is 398 g/mol. The van der Waals surface area contributed by atoms with Crippen molar-refractivity contribution in [2.24, 2.45) is 5.92 Å². The van der Waals surface area contributed by atoms with Crippen LogP contribution in [0.1, 0.15) is 17.5 Å². The Labute approximate surface area is 167 Å². The third-order valence-corrected chi connectivity index (χ3v) is 6.75. The van der Waals surface area contributed by atoms with Gasteiger partial charge in [-0.05, 0) is 17.5 Å². The summed E-state index contributed by atoms with van der Waals surface area (Å²) in [5.74, 6) is 0.310. The predicted molar refractivity (Wildman–Crippen MR) is 109 cm³/mol. The van der Waals surface area contributed by atoms with E-state index in [1.54, 1.807) is 16.7 Å². The second-order valence-electron chi connectivity index (χ2n) is 7.08. The number of fused-ring (bicyclic) bond motifs is 1. The Morgan fingerprint density at radius 1 is 1.37 bits per heavy atom. The lowest BCUT2D eigenvalue weighted by Gasteiger charge is -2.25. The largest absolute Gasteiger partial charge is 0.315 e. The second-order valence-corrected chi connectivity index (χ2v) is 8.60. The molecular weight excluding hydrogens is 378 g/mol. The van der Waals surface area contributed by atoms with Gasteiger partial charge in [-0.25, -0.2) is 0 Å². The lowest BCUT2D eigenvalue weighted by Crippen LogP contribution is -2.50. The summed E-state index contributed by atoms with van der Waals surface area (Å²) in [6.07, 6.45) is 3.15. The van der Waals surface area contributed by atoms with Gasteiger partial charge in [0, 0.05) is 23.6 Å². The highest BCUT2D eigenvalue weighted by atomic mass is 32.2. The molecule has 0 saturated carbocycles. The third kappa shape index (κ3) is 3.45. The van der Waals surface area contributed by atoms with Gasteiger partial charge in [0.2, 0.25) is 5.91 Å². The summed E-state index contributed by atoms with van der Waals surface area (Å²) in [6, 6.07) is 9.21. The smallest absolute Gasteiger partial charge is 0.242 e. The number of thiocarbonyl (C=S) groups is 1. The summed E-state index contributed by atoms with van der Waals surface area (Å²) in [6.45, 7) is 0.389. The van der Waals surface area contributed by atoms with Crippen molar-refractivity contribution in [2.75, 3.05) is 18.2 Å². The van der Waals surface area contributed by atoms with E-state index in [0.29, 0.717) is 29.5 Å². The number of hydrogen-bond donors (Lipinski definition) is 1. The second kappa shape index (κ2) is 7.55. The maximum absolute atomic E-state index is 13.0. The molecule has 2 aliphatic heterocycles. The minimum Gasteiger partial charge on any atom is -0.315 e. The molecular formula is C20H19N3O2S2. The molecule has 5 nitrogen and oxygen atoms in total. The standard InChI is InChI=1S/C20H19N3O2S2/c21-8-15-10-27-11-23(15)20(25)19-18(17(26)9-22-19)16(24)7-12-5-13-3-1-2-4-14(13)6-12/h1-5,15,18-19,22H,6-7,9-11H2/t15-,18?,19+/m1/s1. The maximum atomic E-state index is 13.0. The number of Topliss-reactive ketones (excluding diaryl/α,β-unsaturated/α-hetero) is 1. The summed E-state index contributed by atoms with van der Waals surface area (Å²) in [4.78, 5) is 28.2. The minimum absolute atomic E-state index is 0.0113. The molecule has 2 heterocycles. The number of allylic oxidation sites excluding steroid dienone is 1. The number of carbonyl (C=O) groups is 2. The first-order valence-electron chi connectivity index (χ1n) is 8.92. The first kappa shape index (κ1) is 18.4. The van der Waals surface area contributed by atoms with Gasteiger partial charge in [-0.15, -0.1) is 11.8 Å². The van der Waals surface area contributed by atoms with Gasteiger partial charge >= 0.3 is 0 Å². The van der Waals surface area contributed by atoms with Gasteiger partial charge in [-0.1, -0.05) is 48.1 Å². The van der Waals surface area contributed by atoms with Crippen molar-refractivity contribution in [1.29, 1.82) is 5.26 Å². The molecule has 27 heavy (non-hydrogen) atoms. The Balaban J connectivity index is 1.48. The van der Waals surface area contributed by atoms with Gasteiger partial charge in [-0.3, -0.25) is 9.59 Å². The van der Waals surface area contributed by atoms with Crippen LogP contribution in [-0.4, -0.2) is 51.7 Å². The number of benzene rings is 1. The zero-order valence-corrected chi connectivity index (χ0v) is 16.3. The van der Waals surface area contributed by atoms with Crippen molar-refractivity contribution in [3.63, 3.8) is 0 Å². The van der Waals surface area contributed by atoms with E-state index in [1.165, 1.54) is 5.56 Å². The van der Waals surface area contributed by atoms with Gasteiger partial charge in [0.1, 0.15) is 17.9 Å². The number of amides is 1. The fraction of sp³-hybridized carbons (Fsp3) is 0.400. The molecule has 138 valence electrons. The molecule has 1 aromatic rings. The number of thioether (sulfide) groups is 1. The minimum atomic E-state index is -0.649. The molecule has 3 atom stereocenters. The summed E-state index contributed by atoms with van der Waals surface area (Å²) < 4.78 is 0. The Hall–Kier alpha value is -2.01. The number of rotatable bonds is 4. The van der Waals surface area contributed by atoms with E-state index in [-0.39, 0.29) is 11.7 Å². The quantitative estimate of drug-likeness (QED) is 0.783. The van der Waals surface area contributed by atoms with Crippen LogP contribution in [0.5, 0.6) is 0 Å². The van der Waals surface area contributed by atoms with Gasteiger partial charge in [-0.2, -0.15) is 5.26 Å². The molecule has 1 aliphatic carbocycles. The number of ketones is 1.